The quantitative estimate of drug-likeness (QED) is 0.361. The lowest BCUT2D eigenvalue weighted by Gasteiger charge is -2.40. The lowest BCUT2D eigenvalue weighted by molar-refractivity contribution is -0.121. The van der Waals surface area contributed by atoms with Crippen LogP contribution in [0.3, 0.4) is 0 Å². The van der Waals surface area contributed by atoms with Gasteiger partial charge < -0.3 is 34.6 Å². The van der Waals surface area contributed by atoms with Gasteiger partial charge in [0.1, 0.15) is 17.6 Å². The predicted octanol–water partition coefficient (Wildman–Crippen LogP) is 5.86. The number of ether oxygens (including phenoxy) is 3. The van der Waals surface area contributed by atoms with Crippen molar-refractivity contribution < 1.29 is 28.6 Å². The van der Waals surface area contributed by atoms with E-state index in [1.165, 1.54) is 0 Å². The van der Waals surface area contributed by atoms with Gasteiger partial charge in [-0.15, -0.1) is 0 Å². The summed E-state index contributed by atoms with van der Waals surface area (Å²) in [5.41, 5.74) is 4.57. The molecule has 2 aromatic carbocycles. The van der Waals surface area contributed by atoms with Crippen LogP contribution in [0.2, 0.25) is 0 Å². The fraction of sp³-hybridized carbons (Fsp3) is 0.531. The molecule has 0 unspecified atom stereocenters. The third-order valence-electron chi connectivity index (χ3n) is 8.69. The second-order valence-corrected chi connectivity index (χ2v) is 11.6. The van der Waals surface area contributed by atoms with Crippen molar-refractivity contribution in [1.29, 1.82) is 0 Å². The number of aryl methyl sites for hydroxylation is 1. The van der Waals surface area contributed by atoms with Crippen LogP contribution in [0.1, 0.15) is 62.1 Å². The van der Waals surface area contributed by atoms with Crippen LogP contribution in [0.5, 0.6) is 11.5 Å². The number of hydrogen-bond donors (Lipinski definition) is 2. The molecule has 226 valence electrons. The molecule has 4 amide bonds. The monoisotopic (exact) mass is 578 g/mol. The van der Waals surface area contributed by atoms with Crippen molar-refractivity contribution >= 4 is 29.4 Å². The van der Waals surface area contributed by atoms with E-state index in [1.54, 1.807) is 12.0 Å². The highest BCUT2D eigenvalue weighted by Gasteiger charge is 2.36. The summed E-state index contributed by atoms with van der Waals surface area (Å²) in [6.07, 6.45) is 4.44. The van der Waals surface area contributed by atoms with E-state index in [2.05, 4.69) is 17.6 Å². The molecule has 1 aliphatic carbocycles. The van der Waals surface area contributed by atoms with E-state index >= 15 is 0 Å². The number of hydrogen-bond acceptors (Lipinski definition) is 6. The molecule has 10 heteroatoms. The SMILES string of the molecule is CCCCOC(=O)N1CC(Oc2ccc3c(c2C)CN(C2CCC(C(=O)Nc4ccc(C)c(OC)c4)CC2)C(=O)N3)C1. The van der Waals surface area contributed by atoms with E-state index in [-0.39, 0.29) is 36.1 Å². The summed E-state index contributed by atoms with van der Waals surface area (Å²) in [6.45, 7) is 7.98. The number of carbonyl (C=O) groups is 3. The Kier molecular flexibility index (Phi) is 9.09. The first kappa shape index (κ1) is 29.5. The largest absolute Gasteiger partial charge is 0.496 e. The van der Waals surface area contributed by atoms with Crippen LogP contribution in [0, 0.1) is 19.8 Å². The Morgan fingerprint density at radius 1 is 1.05 bits per heavy atom. The first-order valence-corrected chi connectivity index (χ1v) is 15.0. The molecule has 5 rings (SSSR count). The van der Waals surface area contributed by atoms with Crippen molar-refractivity contribution in [3.63, 3.8) is 0 Å². The third-order valence-corrected chi connectivity index (χ3v) is 8.69. The average Bonchev–Trinajstić information content (AvgIpc) is 2.96. The molecule has 2 heterocycles. The highest BCUT2D eigenvalue weighted by molar-refractivity contribution is 5.94. The molecular weight excluding hydrogens is 536 g/mol. The summed E-state index contributed by atoms with van der Waals surface area (Å²) < 4.78 is 16.9. The van der Waals surface area contributed by atoms with Gasteiger partial charge >= 0.3 is 12.1 Å². The molecule has 0 atom stereocenters. The molecule has 0 bridgehead atoms. The molecule has 2 fully saturated rings. The van der Waals surface area contributed by atoms with E-state index in [0.29, 0.717) is 26.2 Å². The second-order valence-electron chi connectivity index (χ2n) is 11.6. The molecule has 3 aliphatic rings. The number of nitrogens with zero attached hydrogens (tertiary/aromatic N) is 2. The minimum Gasteiger partial charge on any atom is -0.496 e. The minimum absolute atomic E-state index is 0.00853. The molecule has 2 N–H and O–H groups in total. The molecule has 2 aliphatic heterocycles. The van der Waals surface area contributed by atoms with Crippen molar-refractivity contribution in [3.8, 4) is 11.5 Å². The molecule has 1 saturated carbocycles. The van der Waals surface area contributed by atoms with Crippen molar-refractivity contribution in [3.05, 3.63) is 47.0 Å². The van der Waals surface area contributed by atoms with E-state index in [4.69, 9.17) is 14.2 Å². The fourth-order valence-electron chi connectivity index (χ4n) is 5.94. The highest BCUT2D eigenvalue weighted by atomic mass is 16.6. The predicted molar refractivity (Wildman–Crippen MR) is 160 cm³/mol. The summed E-state index contributed by atoms with van der Waals surface area (Å²) >= 11 is 0. The highest BCUT2D eigenvalue weighted by Crippen LogP contribution is 2.37. The molecule has 0 spiro atoms. The molecular formula is C32H42N4O6. The van der Waals surface area contributed by atoms with Crippen LogP contribution in [0.25, 0.3) is 0 Å². The van der Waals surface area contributed by atoms with Crippen molar-refractivity contribution in [1.82, 2.24) is 9.80 Å². The van der Waals surface area contributed by atoms with Gasteiger partial charge in [0.2, 0.25) is 5.91 Å². The standard InChI is InChI=1S/C32H42N4O6/c1-5-6-15-41-32(39)35-17-25(18-35)42-28-14-13-27-26(21(28)3)19-36(31(38)34-27)24-11-8-22(9-12-24)30(37)33-23-10-7-20(2)29(16-23)40-4/h7,10,13-14,16,22,24-25H,5-6,8-9,11-12,15,17-19H2,1-4H3,(H,33,37)(H,34,38). The van der Waals surface area contributed by atoms with Crippen LogP contribution in [0.15, 0.2) is 30.3 Å². The van der Waals surface area contributed by atoms with Crippen LogP contribution in [-0.4, -0.2) is 66.8 Å². The summed E-state index contributed by atoms with van der Waals surface area (Å²) in [7, 11) is 1.62. The second kappa shape index (κ2) is 12.9. The first-order valence-electron chi connectivity index (χ1n) is 15.0. The van der Waals surface area contributed by atoms with E-state index in [0.717, 1.165) is 78.1 Å². The number of rotatable bonds is 9. The minimum atomic E-state index is -0.286. The molecule has 0 aromatic heterocycles. The average molecular weight is 579 g/mol. The van der Waals surface area contributed by atoms with Gasteiger partial charge in [-0.3, -0.25) is 4.79 Å². The van der Waals surface area contributed by atoms with Crippen LogP contribution in [0.4, 0.5) is 21.0 Å². The number of nitrogens with one attached hydrogen (secondary N) is 2. The summed E-state index contributed by atoms with van der Waals surface area (Å²) in [6, 6.07) is 9.40. The fourth-order valence-corrected chi connectivity index (χ4v) is 5.94. The molecule has 1 saturated heterocycles. The van der Waals surface area contributed by atoms with Crippen LogP contribution in [-0.2, 0) is 16.1 Å². The van der Waals surface area contributed by atoms with Gasteiger partial charge in [0, 0.05) is 35.0 Å². The zero-order chi connectivity index (χ0) is 29.8. The maximum Gasteiger partial charge on any atom is 0.410 e. The lowest BCUT2D eigenvalue weighted by atomic mass is 9.84. The Morgan fingerprint density at radius 3 is 2.52 bits per heavy atom. The third kappa shape index (κ3) is 6.42. The first-order chi connectivity index (χ1) is 20.3. The number of unbranched alkanes of at least 4 members (excludes halogenated alkanes) is 1. The van der Waals surface area contributed by atoms with E-state index in [9.17, 15) is 14.4 Å². The Labute approximate surface area is 247 Å². The Morgan fingerprint density at radius 2 is 1.81 bits per heavy atom. The zero-order valence-corrected chi connectivity index (χ0v) is 25.0. The van der Waals surface area contributed by atoms with Gasteiger partial charge in [-0.25, -0.2) is 9.59 Å². The summed E-state index contributed by atoms with van der Waals surface area (Å²) in [5, 5.41) is 6.09. The molecule has 2 aromatic rings. The van der Waals surface area contributed by atoms with E-state index < -0.39 is 0 Å². The number of benzene rings is 2. The number of methoxy groups -OCH3 is 1. The van der Waals surface area contributed by atoms with Crippen LogP contribution >= 0.6 is 0 Å². The van der Waals surface area contributed by atoms with Gasteiger partial charge in [0.15, 0.2) is 0 Å². The van der Waals surface area contributed by atoms with Crippen LogP contribution < -0.4 is 20.1 Å². The maximum absolute atomic E-state index is 13.1. The zero-order valence-electron chi connectivity index (χ0n) is 25.0. The van der Waals surface area contributed by atoms with E-state index in [1.807, 2.05) is 49.1 Å². The topological polar surface area (TPSA) is 109 Å². The number of anilines is 2. The van der Waals surface area contributed by atoms with Gasteiger partial charge in [0.05, 0.1) is 33.4 Å². The lowest BCUT2D eigenvalue weighted by Crippen LogP contribution is -2.56. The number of amides is 4. The number of carbonyl (C=O) groups excluding carboxylic acids is 3. The smallest absolute Gasteiger partial charge is 0.410 e. The normalized spacial score (nSPS) is 20.2. The molecule has 10 nitrogen and oxygen atoms in total. The van der Waals surface area contributed by atoms with Gasteiger partial charge in [-0.1, -0.05) is 19.4 Å². The van der Waals surface area contributed by atoms with Crippen molar-refractivity contribution in [2.75, 3.05) is 37.4 Å². The Balaban J connectivity index is 1.14. The Bertz CT molecular complexity index is 1320. The van der Waals surface area contributed by atoms with Gasteiger partial charge in [-0.05, 0) is 75.3 Å². The number of urea groups is 1. The summed E-state index contributed by atoms with van der Waals surface area (Å²) in [5.74, 6) is 1.42. The number of fused-ring (bicyclic) bond motifs is 1. The molecule has 0 radical (unpaired) electrons. The molecule has 42 heavy (non-hydrogen) atoms. The summed E-state index contributed by atoms with van der Waals surface area (Å²) in [4.78, 5) is 41.7. The van der Waals surface area contributed by atoms with Gasteiger partial charge in [-0.2, -0.15) is 0 Å². The van der Waals surface area contributed by atoms with Gasteiger partial charge in [0.25, 0.3) is 0 Å². The van der Waals surface area contributed by atoms with Crippen molar-refractivity contribution in [2.45, 2.75) is 78.0 Å². The Hall–Kier alpha value is -3.95. The maximum atomic E-state index is 13.1. The number of likely N-dealkylation sites (tertiary alicyclic amines) is 1. The van der Waals surface area contributed by atoms with Crippen molar-refractivity contribution in [2.24, 2.45) is 5.92 Å².